The van der Waals surface area contributed by atoms with E-state index < -0.39 is 0 Å². The van der Waals surface area contributed by atoms with E-state index >= 15 is 0 Å². The lowest BCUT2D eigenvalue weighted by molar-refractivity contribution is 0.147. The van der Waals surface area contributed by atoms with E-state index in [1.807, 2.05) is 0 Å². The molecule has 2 nitrogen and oxygen atoms in total. The van der Waals surface area contributed by atoms with Crippen LogP contribution in [0, 0.1) is 0 Å². The molecule has 2 saturated heterocycles. The van der Waals surface area contributed by atoms with Crippen LogP contribution in [-0.2, 0) is 0 Å². The fraction of sp³-hybridized carbons (Fsp3) is 0.700. The van der Waals surface area contributed by atoms with E-state index in [9.17, 15) is 0 Å². The molecular formula is C20H32N2. The van der Waals surface area contributed by atoms with Crippen LogP contribution in [0.2, 0.25) is 0 Å². The maximum Gasteiger partial charge on any atom is 0.0108 e. The highest BCUT2D eigenvalue weighted by molar-refractivity contribution is 5.19. The molecule has 0 amide bonds. The van der Waals surface area contributed by atoms with Gasteiger partial charge in [0.1, 0.15) is 0 Å². The lowest BCUT2D eigenvalue weighted by atomic mass is 10.0. The van der Waals surface area contributed by atoms with Gasteiger partial charge in [-0.1, -0.05) is 43.7 Å². The van der Waals surface area contributed by atoms with Gasteiger partial charge in [0.05, 0.1) is 0 Å². The van der Waals surface area contributed by atoms with E-state index in [4.69, 9.17) is 0 Å². The van der Waals surface area contributed by atoms with Gasteiger partial charge in [0.25, 0.3) is 0 Å². The highest BCUT2D eigenvalue weighted by atomic mass is 15.2. The van der Waals surface area contributed by atoms with Gasteiger partial charge in [0.2, 0.25) is 0 Å². The summed E-state index contributed by atoms with van der Waals surface area (Å²) >= 11 is 0. The van der Waals surface area contributed by atoms with E-state index in [0.29, 0.717) is 5.92 Å². The molecule has 0 bridgehead atoms. The molecule has 2 aliphatic heterocycles. The molecule has 2 atom stereocenters. The molecule has 1 aromatic rings. The van der Waals surface area contributed by atoms with Gasteiger partial charge < -0.3 is 9.80 Å². The van der Waals surface area contributed by atoms with Gasteiger partial charge in [-0.2, -0.15) is 0 Å². The molecular weight excluding hydrogens is 268 g/mol. The van der Waals surface area contributed by atoms with Crippen molar-refractivity contribution in [1.82, 2.24) is 9.80 Å². The Kier molecular flexibility index (Phi) is 5.91. The molecule has 2 aliphatic rings. The van der Waals surface area contributed by atoms with Gasteiger partial charge in [-0.15, -0.1) is 0 Å². The maximum atomic E-state index is 2.79. The highest BCUT2D eigenvalue weighted by Gasteiger charge is 2.24. The summed E-state index contributed by atoms with van der Waals surface area (Å²) in [4.78, 5) is 5.50. The zero-order chi connectivity index (χ0) is 15.2. The number of piperidine rings is 1. The third-order valence-electron chi connectivity index (χ3n) is 5.60. The van der Waals surface area contributed by atoms with E-state index in [1.165, 1.54) is 76.8 Å². The molecule has 2 heterocycles. The van der Waals surface area contributed by atoms with Gasteiger partial charge in [-0.3, -0.25) is 0 Å². The van der Waals surface area contributed by atoms with Gasteiger partial charge in [-0.25, -0.2) is 0 Å². The minimum Gasteiger partial charge on any atom is -0.303 e. The zero-order valence-electron chi connectivity index (χ0n) is 14.2. The zero-order valence-corrected chi connectivity index (χ0v) is 14.2. The first-order chi connectivity index (χ1) is 10.8. The van der Waals surface area contributed by atoms with Crippen LogP contribution in [-0.4, -0.2) is 48.6 Å². The van der Waals surface area contributed by atoms with Crippen LogP contribution in [0.4, 0.5) is 0 Å². The second-order valence-corrected chi connectivity index (χ2v) is 7.29. The molecule has 3 rings (SSSR count). The summed E-state index contributed by atoms with van der Waals surface area (Å²) in [6.07, 6.45) is 8.46. The van der Waals surface area contributed by atoms with Crippen LogP contribution in [0.15, 0.2) is 30.3 Å². The normalized spacial score (nSPS) is 26.5. The van der Waals surface area contributed by atoms with Crippen LogP contribution in [0.1, 0.15) is 56.9 Å². The summed E-state index contributed by atoms with van der Waals surface area (Å²) in [5.41, 5.74) is 1.49. The average Bonchev–Trinajstić information content (AvgIpc) is 2.82. The molecule has 0 spiro atoms. The first-order valence-corrected chi connectivity index (χ1v) is 9.34. The summed E-state index contributed by atoms with van der Waals surface area (Å²) in [7, 11) is 0. The molecule has 2 unspecified atom stereocenters. The fourth-order valence-corrected chi connectivity index (χ4v) is 4.24. The van der Waals surface area contributed by atoms with Crippen LogP contribution in [0.5, 0.6) is 0 Å². The third kappa shape index (κ3) is 4.33. The Morgan fingerprint density at radius 2 is 1.68 bits per heavy atom. The Bertz CT molecular complexity index is 425. The molecule has 0 saturated carbocycles. The largest absolute Gasteiger partial charge is 0.303 e. The number of likely N-dealkylation sites (tertiary alicyclic amines) is 2. The van der Waals surface area contributed by atoms with Crippen LogP contribution in [0.25, 0.3) is 0 Å². The van der Waals surface area contributed by atoms with Crippen molar-refractivity contribution in [2.24, 2.45) is 0 Å². The van der Waals surface area contributed by atoms with Crippen molar-refractivity contribution in [2.75, 3.05) is 32.7 Å². The summed E-state index contributed by atoms with van der Waals surface area (Å²) in [6, 6.07) is 11.9. The quantitative estimate of drug-likeness (QED) is 0.825. The minimum absolute atomic E-state index is 0.646. The number of hydrogen-bond donors (Lipinski definition) is 0. The van der Waals surface area contributed by atoms with Gasteiger partial charge in [-0.05, 0) is 69.8 Å². The predicted molar refractivity (Wildman–Crippen MR) is 94.4 cm³/mol. The van der Waals surface area contributed by atoms with Gasteiger partial charge >= 0.3 is 0 Å². The van der Waals surface area contributed by atoms with Gasteiger partial charge in [0, 0.05) is 12.6 Å². The first-order valence-electron chi connectivity index (χ1n) is 9.34. The van der Waals surface area contributed by atoms with Crippen molar-refractivity contribution in [3.63, 3.8) is 0 Å². The average molecular weight is 300 g/mol. The summed E-state index contributed by atoms with van der Waals surface area (Å²) in [5, 5.41) is 0. The second kappa shape index (κ2) is 8.12. The Balaban J connectivity index is 1.49. The smallest absolute Gasteiger partial charge is 0.0108 e. The van der Waals surface area contributed by atoms with Crippen molar-refractivity contribution in [3.05, 3.63) is 35.9 Å². The Morgan fingerprint density at radius 1 is 0.909 bits per heavy atom. The Morgan fingerprint density at radius 3 is 2.45 bits per heavy atom. The molecule has 0 aromatic heterocycles. The minimum atomic E-state index is 0.646. The van der Waals surface area contributed by atoms with E-state index in [2.05, 4.69) is 47.1 Å². The standard InChI is InChI=1S/C20H32N2/c1-18(19-9-4-2-5-10-19)17-21-13-8-11-20(12-16-21)22-14-6-3-7-15-22/h2,4-5,9-10,18,20H,3,6-8,11-17H2,1H3. The molecule has 0 radical (unpaired) electrons. The lowest BCUT2D eigenvalue weighted by Crippen LogP contribution is -2.39. The number of rotatable bonds is 4. The summed E-state index contributed by atoms with van der Waals surface area (Å²) in [5.74, 6) is 0.646. The van der Waals surface area contributed by atoms with Crippen molar-refractivity contribution >= 4 is 0 Å². The van der Waals surface area contributed by atoms with Crippen LogP contribution >= 0.6 is 0 Å². The van der Waals surface area contributed by atoms with E-state index in [0.717, 1.165) is 6.04 Å². The molecule has 1 aromatic carbocycles. The van der Waals surface area contributed by atoms with E-state index in [1.54, 1.807) is 0 Å². The fourth-order valence-electron chi connectivity index (χ4n) is 4.24. The lowest BCUT2D eigenvalue weighted by Gasteiger charge is -2.34. The van der Waals surface area contributed by atoms with Crippen molar-refractivity contribution in [3.8, 4) is 0 Å². The van der Waals surface area contributed by atoms with Crippen molar-refractivity contribution in [2.45, 2.75) is 57.4 Å². The number of hydrogen-bond acceptors (Lipinski definition) is 2. The Labute approximate surface area is 136 Å². The highest BCUT2D eigenvalue weighted by Crippen LogP contribution is 2.23. The Hall–Kier alpha value is -0.860. The third-order valence-corrected chi connectivity index (χ3v) is 5.60. The molecule has 122 valence electrons. The second-order valence-electron chi connectivity index (χ2n) is 7.29. The topological polar surface area (TPSA) is 6.48 Å². The summed E-state index contributed by atoms with van der Waals surface area (Å²) < 4.78 is 0. The number of benzene rings is 1. The number of nitrogens with zero attached hydrogens (tertiary/aromatic N) is 2. The summed E-state index contributed by atoms with van der Waals surface area (Å²) in [6.45, 7) is 8.88. The molecule has 0 N–H and O–H groups in total. The molecule has 2 heteroatoms. The first kappa shape index (κ1) is 16.0. The van der Waals surface area contributed by atoms with Crippen LogP contribution < -0.4 is 0 Å². The molecule has 0 aliphatic carbocycles. The van der Waals surface area contributed by atoms with Crippen LogP contribution in [0.3, 0.4) is 0 Å². The predicted octanol–water partition coefficient (Wildman–Crippen LogP) is 4.13. The SMILES string of the molecule is CC(CN1CCCC(N2CCCCC2)CC1)c1ccccc1. The molecule has 22 heavy (non-hydrogen) atoms. The monoisotopic (exact) mass is 300 g/mol. The molecule has 2 fully saturated rings. The van der Waals surface area contributed by atoms with E-state index in [-0.39, 0.29) is 0 Å². The van der Waals surface area contributed by atoms with Crippen molar-refractivity contribution < 1.29 is 0 Å². The van der Waals surface area contributed by atoms with Crippen molar-refractivity contribution in [1.29, 1.82) is 0 Å². The maximum absolute atomic E-state index is 2.79. The van der Waals surface area contributed by atoms with Gasteiger partial charge in [0.15, 0.2) is 0 Å².